The summed E-state index contributed by atoms with van der Waals surface area (Å²) in [4.78, 5) is 4.38. The molecule has 3 rings (SSSR count). The number of aromatic nitrogens is 2. The Labute approximate surface area is 116 Å². The van der Waals surface area contributed by atoms with Gasteiger partial charge in [-0.15, -0.1) is 0 Å². The van der Waals surface area contributed by atoms with Crippen LogP contribution in [0.1, 0.15) is 29.7 Å². The molecule has 106 valence electrons. The number of aliphatic hydroxyl groups is 1. The number of ether oxygens (including phenoxy) is 1. The zero-order chi connectivity index (χ0) is 13.9. The molecule has 1 fully saturated rings. The molecule has 0 radical (unpaired) electrons. The maximum absolute atomic E-state index is 9.49. The lowest BCUT2D eigenvalue weighted by Gasteiger charge is -2.02. The van der Waals surface area contributed by atoms with Crippen molar-refractivity contribution in [3.05, 3.63) is 41.5 Å². The van der Waals surface area contributed by atoms with Gasteiger partial charge in [-0.25, -0.2) is 0 Å². The van der Waals surface area contributed by atoms with E-state index in [0.717, 1.165) is 11.3 Å². The molecule has 0 saturated carbocycles. The number of methoxy groups -OCH3 is 1. The summed E-state index contributed by atoms with van der Waals surface area (Å²) in [6, 6.07) is 7.73. The van der Waals surface area contributed by atoms with Crippen molar-refractivity contribution in [1.82, 2.24) is 15.5 Å². The van der Waals surface area contributed by atoms with E-state index < -0.39 is 0 Å². The number of hydrogen-bond donors (Lipinski definition) is 2. The Morgan fingerprint density at radius 1 is 1.40 bits per heavy atom. The van der Waals surface area contributed by atoms with E-state index in [2.05, 4.69) is 15.5 Å². The molecule has 0 amide bonds. The quantitative estimate of drug-likeness (QED) is 0.868. The Hall–Kier alpha value is -1.92. The van der Waals surface area contributed by atoms with Crippen LogP contribution in [-0.2, 0) is 6.42 Å². The Morgan fingerprint density at radius 3 is 2.85 bits per heavy atom. The molecule has 0 unspecified atom stereocenters. The fourth-order valence-electron chi connectivity index (χ4n) is 2.31. The molecule has 20 heavy (non-hydrogen) atoms. The molecule has 2 atom stereocenters. The summed E-state index contributed by atoms with van der Waals surface area (Å²) in [7, 11) is 1.64. The van der Waals surface area contributed by atoms with Gasteiger partial charge >= 0.3 is 0 Å². The molecular formula is C14H17N3O3. The molecule has 1 aliphatic rings. The van der Waals surface area contributed by atoms with Crippen LogP contribution in [0.4, 0.5) is 0 Å². The van der Waals surface area contributed by atoms with E-state index in [0.29, 0.717) is 31.1 Å². The van der Waals surface area contributed by atoms with Gasteiger partial charge in [0.05, 0.1) is 19.3 Å². The van der Waals surface area contributed by atoms with Crippen LogP contribution in [-0.4, -0.2) is 35.0 Å². The Morgan fingerprint density at radius 2 is 2.20 bits per heavy atom. The van der Waals surface area contributed by atoms with Crippen LogP contribution in [0.2, 0.25) is 0 Å². The molecule has 2 heterocycles. The van der Waals surface area contributed by atoms with Crippen molar-refractivity contribution < 1.29 is 14.4 Å². The van der Waals surface area contributed by atoms with Crippen molar-refractivity contribution in [3.63, 3.8) is 0 Å². The SMILES string of the molecule is COc1ccc(Cc2noc([C@H]3C[C@H](O)CN3)n2)cc1. The highest BCUT2D eigenvalue weighted by Gasteiger charge is 2.27. The first-order valence-corrected chi connectivity index (χ1v) is 6.61. The maximum atomic E-state index is 9.49. The first-order valence-electron chi connectivity index (χ1n) is 6.61. The molecule has 1 aromatic heterocycles. The summed E-state index contributed by atoms with van der Waals surface area (Å²) < 4.78 is 10.4. The number of hydrogen-bond acceptors (Lipinski definition) is 6. The zero-order valence-electron chi connectivity index (χ0n) is 11.2. The first-order chi connectivity index (χ1) is 9.74. The largest absolute Gasteiger partial charge is 0.497 e. The van der Waals surface area contributed by atoms with Gasteiger partial charge in [-0.2, -0.15) is 4.98 Å². The number of β-amino-alcohol motifs (C(OH)–C–C–N with tert-alkyl or cyclic N) is 1. The minimum absolute atomic E-state index is 0.0397. The monoisotopic (exact) mass is 275 g/mol. The highest BCUT2D eigenvalue weighted by molar-refractivity contribution is 5.28. The molecule has 6 heteroatoms. The summed E-state index contributed by atoms with van der Waals surface area (Å²) in [5.41, 5.74) is 1.09. The molecule has 6 nitrogen and oxygen atoms in total. The predicted octanol–water partition coefficient (Wildman–Crippen LogP) is 1.06. The van der Waals surface area contributed by atoms with Crippen molar-refractivity contribution >= 4 is 0 Å². The van der Waals surface area contributed by atoms with E-state index >= 15 is 0 Å². The van der Waals surface area contributed by atoms with Gasteiger partial charge in [-0.05, 0) is 24.1 Å². The third-order valence-electron chi connectivity index (χ3n) is 3.41. The lowest BCUT2D eigenvalue weighted by Crippen LogP contribution is -2.15. The summed E-state index contributed by atoms with van der Waals surface area (Å²) >= 11 is 0. The molecule has 0 spiro atoms. The summed E-state index contributed by atoms with van der Waals surface area (Å²) in [6.07, 6.45) is 0.893. The number of benzene rings is 1. The van der Waals surface area contributed by atoms with E-state index in [4.69, 9.17) is 9.26 Å². The van der Waals surface area contributed by atoms with E-state index in [1.807, 2.05) is 24.3 Å². The highest BCUT2D eigenvalue weighted by Crippen LogP contribution is 2.22. The third-order valence-corrected chi connectivity index (χ3v) is 3.41. The second-order valence-corrected chi connectivity index (χ2v) is 4.92. The van der Waals surface area contributed by atoms with Crippen LogP contribution < -0.4 is 10.1 Å². The van der Waals surface area contributed by atoms with Gasteiger partial charge in [0.1, 0.15) is 5.75 Å². The Balaban J connectivity index is 1.67. The van der Waals surface area contributed by atoms with E-state index in [1.54, 1.807) is 7.11 Å². The predicted molar refractivity (Wildman–Crippen MR) is 71.5 cm³/mol. The minimum atomic E-state index is -0.336. The van der Waals surface area contributed by atoms with Crippen LogP contribution in [0.3, 0.4) is 0 Å². The van der Waals surface area contributed by atoms with E-state index in [-0.39, 0.29) is 12.1 Å². The average Bonchev–Trinajstić information content (AvgIpc) is 3.09. The fraction of sp³-hybridized carbons (Fsp3) is 0.429. The lowest BCUT2D eigenvalue weighted by atomic mass is 10.1. The molecule has 0 bridgehead atoms. The van der Waals surface area contributed by atoms with Gasteiger partial charge in [0.25, 0.3) is 0 Å². The van der Waals surface area contributed by atoms with Gasteiger partial charge in [0, 0.05) is 13.0 Å². The fourth-order valence-corrected chi connectivity index (χ4v) is 2.31. The van der Waals surface area contributed by atoms with Gasteiger partial charge in [0.2, 0.25) is 5.89 Å². The van der Waals surface area contributed by atoms with Crippen molar-refractivity contribution in [2.45, 2.75) is 25.0 Å². The first kappa shape index (κ1) is 13.1. The third kappa shape index (κ3) is 2.81. The minimum Gasteiger partial charge on any atom is -0.497 e. The Kier molecular flexibility index (Phi) is 3.66. The normalized spacial score (nSPS) is 22.1. The number of nitrogens with one attached hydrogen (secondary N) is 1. The lowest BCUT2D eigenvalue weighted by molar-refractivity contribution is 0.191. The van der Waals surface area contributed by atoms with Crippen LogP contribution in [0.5, 0.6) is 5.75 Å². The van der Waals surface area contributed by atoms with Gasteiger partial charge in [-0.3, -0.25) is 0 Å². The molecule has 2 aromatic rings. The summed E-state index contributed by atoms with van der Waals surface area (Å²) in [5.74, 6) is 2.02. The van der Waals surface area contributed by atoms with Crippen molar-refractivity contribution in [2.75, 3.05) is 13.7 Å². The second-order valence-electron chi connectivity index (χ2n) is 4.92. The van der Waals surface area contributed by atoms with Gasteiger partial charge < -0.3 is 19.7 Å². The van der Waals surface area contributed by atoms with Crippen molar-refractivity contribution in [3.8, 4) is 5.75 Å². The topological polar surface area (TPSA) is 80.4 Å². The average molecular weight is 275 g/mol. The van der Waals surface area contributed by atoms with Crippen LogP contribution in [0.25, 0.3) is 0 Å². The van der Waals surface area contributed by atoms with Crippen LogP contribution in [0.15, 0.2) is 28.8 Å². The standard InChI is InChI=1S/C14H17N3O3/c1-19-11-4-2-9(3-5-11)6-13-16-14(20-17-13)12-7-10(18)8-15-12/h2-5,10,12,15,18H,6-8H2,1H3/t10-,12+/m0/s1. The van der Waals surface area contributed by atoms with Gasteiger partial charge in [0.15, 0.2) is 5.82 Å². The van der Waals surface area contributed by atoms with E-state index in [1.165, 1.54) is 0 Å². The number of nitrogens with zero attached hydrogens (tertiary/aromatic N) is 2. The van der Waals surface area contributed by atoms with Crippen molar-refractivity contribution in [2.24, 2.45) is 0 Å². The highest BCUT2D eigenvalue weighted by atomic mass is 16.5. The summed E-state index contributed by atoms with van der Waals surface area (Å²) in [6.45, 7) is 0.570. The molecule has 1 aliphatic heterocycles. The molecule has 1 aromatic carbocycles. The maximum Gasteiger partial charge on any atom is 0.243 e. The van der Waals surface area contributed by atoms with Crippen LogP contribution >= 0.6 is 0 Å². The zero-order valence-corrected chi connectivity index (χ0v) is 11.2. The molecular weight excluding hydrogens is 258 g/mol. The number of aliphatic hydroxyl groups excluding tert-OH is 1. The van der Waals surface area contributed by atoms with Crippen LogP contribution in [0, 0.1) is 0 Å². The molecule has 1 saturated heterocycles. The smallest absolute Gasteiger partial charge is 0.243 e. The summed E-state index contributed by atoms with van der Waals surface area (Å²) in [5, 5.41) is 16.6. The second kappa shape index (κ2) is 5.60. The van der Waals surface area contributed by atoms with E-state index in [9.17, 15) is 5.11 Å². The number of rotatable bonds is 4. The van der Waals surface area contributed by atoms with Crippen molar-refractivity contribution in [1.29, 1.82) is 0 Å². The molecule has 0 aliphatic carbocycles. The Bertz CT molecular complexity index is 567. The molecule has 2 N–H and O–H groups in total. The van der Waals surface area contributed by atoms with Gasteiger partial charge in [-0.1, -0.05) is 17.3 Å².